The van der Waals surface area contributed by atoms with Crippen molar-refractivity contribution in [3.8, 4) is 0 Å². The molecule has 1 radical (unpaired) electrons. The minimum atomic E-state index is -0.923. The summed E-state index contributed by atoms with van der Waals surface area (Å²) in [5.74, 6) is 0. The van der Waals surface area contributed by atoms with Crippen molar-refractivity contribution in [1.29, 1.82) is 0 Å². The maximum absolute atomic E-state index is 11.2. The van der Waals surface area contributed by atoms with Gasteiger partial charge in [0.2, 0.25) is 0 Å². The van der Waals surface area contributed by atoms with Crippen LogP contribution in [0, 0.1) is 0 Å². The summed E-state index contributed by atoms with van der Waals surface area (Å²) in [5.41, 5.74) is 0. The molecule has 0 spiro atoms. The molecule has 0 aliphatic heterocycles. The summed E-state index contributed by atoms with van der Waals surface area (Å²) in [7, 11) is 0. The van der Waals surface area contributed by atoms with Gasteiger partial charge < -0.3 is 9.47 Å². The van der Waals surface area contributed by atoms with Crippen molar-refractivity contribution in [3.05, 3.63) is 0 Å². The summed E-state index contributed by atoms with van der Waals surface area (Å²) >= 11 is 0. The van der Waals surface area contributed by atoms with Gasteiger partial charge in [0.1, 0.15) is 0 Å². The zero-order chi connectivity index (χ0) is 10.1. The Balaban J connectivity index is 3.64. The molecule has 0 saturated carbocycles. The van der Waals surface area contributed by atoms with Gasteiger partial charge in [0, 0.05) is 13.0 Å². The summed E-state index contributed by atoms with van der Waals surface area (Å²) in [5, 5.41) is 11.2. The lowest BCUT2D eigenvalue weighted by atomic mass is 10.3. The fraction of sp³-hybridized carbons (Fsp3) is 1.00. The molecule has 0 bridgehead atoms. The van der Waals surface area contributed by atoms with Gasteiger partial charge in [-0.2, -0.15) is 0 Å². The highest BCUT2D eigenvalue weighted by molar-refractivity contribution is 4.46. The van der Waals surface area contributed by atoms with Crippen LogP contribution in [0.2, 0.25) is 0 Å². The molecule has 0 saturated heterocycles. The highest BCUT2D eigenvalue weighted by Crippen LogP contribution is 2.09. The van der Waals surface area contributed by atoms with E-state index in [0.717, 1.165) is 19.3 Å². The van der Waals surface area contributed by atoms with Crippen LogP contribution in [0.4, 0.5) is 0 Å². The van der Waals surface area contributed by atoms with Gasteiger partial charge in [-0.1, -0.05) is 26.7 Å². The van der Waals surface area contributed by atoms with E-state index in [1.165, 1.54) is 0 Å². The fourth-order valence-corrected chi connectivity index (χ4v) is 1.09. The first-order valence-corrected chi connectivity index (χ1v) is 5.17. The van der Waals surface area contributed by atoms with Gasteiger partial charge in [-0.3, -0.25) is 0 Å². The van der Waals surface area contributed by atoms with Crippen LogP contribution in [0.3, 0.4) is 0 Å². The minimum absolute atomic E-state index is 0.302. The smallest absolute Gasteiger partial charge is 0.194 e. The third-order valence-electron chi connectivity index (χ3n) is 1.70. The van der Waals surface area contributed by atoms with E-state index < -0.39 is 6.29 Å². The Labute approximate surface area is 81.0 Å². The minimum Gasteiger partial charge on any atom is -0.353 e. The fourth-order valence-electron chi connectivity index (χ4n) is 1.09. The predicted octanol–water partition coefficient (Wildman–Crippen LogP) is 2.72. The SMILES string of the molecule is CCCC([O])OC(CCC)OCC. The largest absolute Gasteiger partial charge is 0.353 e. The molecule has 0 aromatic rings. The van der Waals surface area contributed by atoms with E-state index in [-0.39, 0.29) is 6.29 Å². The average molecular weight is 189 g/mol. The normalized spacial score (nSPS) is 15.7. The quantitative estimate of drug-likeness (QED) is 0.551. The van der Waals surface area contributed by atoms with Crippen molar-refractivity contribution in [2.75, 3.05) is 6.61 Å². The van der Waals surface area contributed by atoms with Gasteiger partial charge in [-0.05, 0) is 13.3 Å². The van der Waals surface area contributed by atoms with Crippen molar-refractivity contribution in [2.24, 2.45) is 0 Å². The topological polar surface area (TPSA) is 38.4 Å². The Bertz CT molecular complexity index is 100. The lowest BCUT2D eigenvalue weighted by Gasteiger charge is -2.19. The second-order valence-electron chi connectivity index (χ2n) is 3.03. The van der Waals surface area contributed by atoms with Gasteiger partial charge in [-0.25, -0.2) is 5.11 Å². The standard InChI is InChI=1S/C10H21O3/c1-4-7-9(11)13-10(8-5-2)12-6-3/h9-10H,4-8H2,1-3H3. The summed E-state index contributed by atoms with van der Waals surface area (Å²) in [6, 6.07) is 0. The Morgan fingerprint density at radius 3 is 2.15 bits per heavy atom. The Morgan fingerprint density at radius 1 is 1.08 bits per heavy atom. The molecule has 0 rings (SSSR count). The summed E-state index contributed by atoms with van der Waals surface area (Å²) in [6.45, 7) is 6.54. The van der Waals surface area contributed by atoms with Gasteiger partial charge in [0.15, 0.2) is 12.6 Å². The molecular weight excluding hydrogens is 168 g/mol. The van der Waals surface area contributed by atoms with Crippen LogP contribution in [0.25, 0.3) is 0 Å². The van der Waals surface area contributed by atoms with Crippen LogP contribution < -0.4 is 0 Å². The molecule has 0 heterocycles. The van der Waals surface area contributed by atoms with E-state index in [9.17, 15) is 5.11 Å². The zero-order valence-corrected chi connectivity index (χ0v) is 8.91. The maximum Gasteiger partial charge on any atom is 0.194 e. The molecule has 0 aliphatic carbocycles. The second kappa shape index (κ2) is 8.48. The van der Waals surface area contributed by atoms with Crippen molar-refractivity contribution in [3.63, 3.8) is 0 Å². The van der Waals surface area contributed by atoms with Crippen molar-refractivity contribution >= 4 is 0 Å². The highest BCUT2D eigenvalue weighted by atomic mass is 16.7. The predicted molar refractivity (Wildman–Crippen MR) is 50.8 cm³/mol. The van der Waals surface area contributed by atoms with Crippen LogP contribution in [0.1, 0.15) is 46.5 Å². The molecule has 2 atom stereocenters. The lowest BCUT2D eigenvalue weighted by Crippen LogP contribution is -2.23. The van der Waals surface area contributed by atoms with Crippen LogP contribution in [-0.4, -0.2) is 19.2 Å². The van der Waals surface area contributed by atoms with Gasteiger partial charge in [0.05, 0.1) is 0 Å². The number of hydrogen-bond donors (Lipinski definition) is 0. The average Bonchev–Trinajstić information content (AvgIpc) is 2.05. The van der Waals surface area contributed by atoms with Crippen molar-refractivity contribution in [1.82, 2.24) is 0 Å². The number of ether oxygens (including phenoxy) is 2. The molecule has 13 heavy (non-hydrogen) atoms. The highest BCUT2D eigenvalue weighted by Gasteiger charge is 2.13. The Morgan fingerprint density at radius 2 is 1.69 bits per heavy atom. The van der Waals surface area contributed by atoms with Crippen LogP contribution in [0.5, 0.6) is 0 Å². The molecular formula is C10H21O3. The van der Waals surface area contributed by atoms with E-state index in [0.29, 0.717) is 13.0 Å². The van der Waals surface area contributed by atoms with E-state index in [1.807, 2.05) is 13.8 Å². The molecule has 0 amide bonds. The second-order valence-corrected chi connectivity index (χ2v) is 3.03. The van der Waals surface area contributed by atoms with E-state index in [2.05, 4.69) is 6.92 Å². The van der Waals surface area contributed by atoms with Crippen LogP contribution >= 0.6 is 0 Å². The molecule has 0 aromatic carbocycles. The number of rotatable bonds is 8. The first kappa shape index (κ1) is 12.9. The van der Waals surface area contributed by atoms with E-state index in [1.54, 1.807) is 0 Å². The molecule has 3 heteroatoms. The van der Waals surface area contributed by atoms with E-state index in [4.69, 9.17) is 9.47 Å². The molecule has 3 nitrogen and oxygen atoms in total. The Hall–Kier alpha value is -0.120. The first-order chi connectivity index (χ1) is 6.24. The van der Waals surface area contributed by atoms with Gasteiger partial charge in [0.25, 0.3) is 0 Å². The van der Waals surface area contributed by atoms with Crippen LogP contribution in [0.15, 0.2) is 0 Å². The Kier molecular flexibility index (Phi) is 8.40. The molecule has 0 N–H and O–H groups in total. The van der Waals surface area contributed by atoms with Crippen LogP contribution in [-0.2, 0) is 14.6 Å². The summed E-state index contributed by atoms with van der Waals surface area (Å²) in [6.07, 6.45) is 1.98. The van der Waals surface area contributed by atoms with E-state index >= 15 is 0 Å². The first-order valence-electron chi connectivity index (χ1n) is 5.17. The molecule has 2 unspecified atom stereocenters. The zero-order valence-electron chi connectivity index (χ0n) is 8.91. The van der Waals surface area contributed by atoms with Crippen molar-refractivity contribution < 1.29 is 14.6 Å². The number of hydrogen-bond acceptors (Lipinski definition) is 2. The van der Waals surface area contributed by atoms with Gasteiger partial charge in [-0.15, -0.1) is 0 Å². The third-order valence-corrected chi connectivity index (χ3v) is 1.70. The third kappa shape index (κ3) is 6.99. The molecule has 0 aromatic heterocycles. The molecule has 0 fully saturated rings. The maximum atomic E-state index is 11.2. The molecule has 0 aliphatic rings. The molecule has 79 valence electrons. The summed E-state index contributed by atoms with van der Waals surface area (Å²) < 4.78 is 10.5. The lowest BCUT2D eigenvalue weighted by molar-refractivity contribution is -0.249. The van der Waals surface area contributed by atoms with Crippen molar-refractivity contribution in [2.45, 2.75) is 59.0 Å². The summed E-state index contributed by atoms with van der Waals surface area (Å²) in [4.78, 5) is 0. The van der Waals surface area contributed by atoms with Gasteiger partial charge >= 0.3 is 0 Å². The monoisotopic (exact) mass is 189 g/mol.